The van der Waals surface area contributed by atoms with Crippen LogP contribution in [-0.4, -0.2) is 22.6 Å². The van der Waals surface area contributed by atoms with E-state index in [1.165, 1.54) is 6.07 Å². The summed E-state index contributed by atoms with van der Waals surface area (Å²) < 4.78 is 11.4. The number of fused-ring (bicyclic) bond motifs is 1. The molecule has 19 heavy (non-hydrogen) atoms. The monoisotopic (exact) mass is 264 g/mol. The van der Waals surface area contributed by atoms with E-state index < -0.39 is 5.60 Å². The van der Waals surface area contributed by atoms with Crippen LogP contribution in [0, 0.1) is 0 Å². The van der Waals surface area contributed by atoms with E-state index in [-0.39, 0.29) is 29.6 Å². The summed E-state index contributed by atoms with van der Waals surface area (Å²) in [5.41, 5.74) is -0.290. The number of rotatable bonds is 3. The maximum Gasteiger partial charge on any atom is 0.174 e. The van der Waals surface area contributed by atoms with Crippen LogP contribution in [0.4, 0.5) is 0 Å². The molecule has 2 rings (SSSR count). The zero-order valence-corrected chi connectivity index (χ0v) is 11.8. The van der Waals surface area contributed by atoms with Gasteiger partial charge in [0.2, 0.25) is 0 Å². The Morgan fingerprint density at radius 3 is 2.79 bits per heavy atom. The van der Waals surface area contributed by atoms with Crippen LogP contribution in [0.1, 0.15) is 50.9 Å². The average molecular weight is 264 g/mol. The molecular weight excluding hydrogens is 244 g/mol. The summed E-state index contributed by atoms with van der Waals surface area (Å²) in [5.74, 6) is 0.755. The molecule has 1 N–H and O–H groups in total. The van der Waals surface area contributed by atoms with Gasteiger partial charge in [-0.2, -0.15) is 0 Å². The molecule has 104 valence electrons. The first-order chi connectivity index (χ1) is 8.82. The number of Topliss-reactive ketones (excluding diaryl/α,β-unsaturated/α-hetero) is 1. The standard InChI is InChI=1S/C15H20O4/c1-5-9(2)18-10-6-11(16)14-12(17)8-15(3,4)19-13(14)7-10/h6-7,9,16H,5,8H2,1-4H3. The highest BCUT2D eigenvalue weighted by molar-refractivity contribution is 6.03. The molecule has 0 aliphatic carbocycles. The Balaban J connectivity index is 2.40. The minimum atomic E-state index is -0.550. The van der Waals surface area contributed by atoms with Crippen LogP contribution in [0.3, 0.4) is 0 Å². The van der Waals surface area contributed by atoms with Gasteiger partial charge < -0.3 is 14.6 Å². The largest absolute Gasteiger partial charge is 0.507 e. The first-order valence-corrected chi connectivity index (χ1v) is 6.58. The van der Waals surface area contributed by atoms with E-state index in [1.807, 2.05) is 27.7 Å². The van der Waals surface area contributed by atoms with Crippen molar-refractivity contribution >= 4 is 5.78 Å². The highest BCUT2D eigenvalue weighted by Crippen LogP contribution is 2.41. The van der Waals surface area contributed by atoms with Crippen molar-refractivity contribution in [2.75, 3.05) is 0 Å². The average Bonchev–Trinajstić information content (AvgIpc) is 2.25. The second kappa shape index (κ2) is 4.76. The highest BCUT2D eigenvalue weighted by atomic mass is 16.5. The molecule has 1 aromatic rings. The lowest BCUT2D eigenvalue weighted by Crippen LogP contribution is -2.35. The lowest BCUT2D eigenvalue weighted by molar-refractivity contribution is 0.0611. The number of hydrogen-bond acceptors (Lipinski definition) is 4. The van der Waals surface area contributed by atoms with Crippen molar-refractivity contribution in [1.82, 2.24) is 0 Å². The molecule has 0 amide bonds. The number of ketones is 1. The number of phenols is 1. The number of ether oxygens (including phenoxy) is 2. The first kappa shape index (κ1) is 13.7. The van der Waals surface area contributed by atoms with Crippen molar-refractivity contribution < 1.29 is 19.4 Å². The topological polar surface area (TPSA) is 55.8 Å². The summed E-state index contributed by atoms with van der Waals surface area (Å²) in [6.45, 7) is 7.68. The van der Waals surface area contributed by atoms with Gasteiger partial charge in [0.25, 0.3) is 0 Å². The van der Waals surface area contributed by atoms with Gasteiger partial charge in [-0.25, -0.2) is 0 Å². The van der Waals surface area contributed by atoms with Crippen molar-refractivity contribution in [3.63, 3.8) is 0 Å². The molecule has 0 saturated heterocycles. The fourth-order valence-electron chi connectivity index (χ4n) is 2.13. The number of carbonyl (C=O) groups is 1. The van der Waals surface area contributed by atoms with E-state index in [2.05, 4.69) is 0 Å². The Hall–Kier alpha value is -1.71. The third-order valence-electron chi connectivity index (χ3n) is 3.22. The van der Waals surface area contributed by atoms with Gasteiger partial charge in [-0.05, 0) is 27.2 Å². The Morgan fingerprint density at radius 2 is 2.16 bits per heavy atom. The molecule has 0 spiro atoms. The summed E-state index contributed by atoms with van der Waals surface area (Å²) in [5, 5.41) is 9.98. The zero-order valence-electron chi connectivity index (χ0n) is 11.8. The molecular formula is C15H20O4. The van der Waals surface area contributed by atoms with E-state index in [9.17, 15) is 9.90 Å². The molecule has 0 radical (unpaired) electrons. The third-order valence-corrected chi connectivity index (χ3v) is 3.22. The second-order valence-electron chi connectivity index (χ2n) is 5.61. The van der Waals surface area contributed by atoms with Crippen LogP contribution < -0.4 is 9.47 Å². The lowest BCUT2D eigenvalue weighted by Gasteiger charge is -2.32. The summed E-state index contributed by atoms with van der Waals surface area (Å²) in [7, 11) is 0. The molecule has 1 heterocycles. The molecule has 4 nitrogen and oxygen atoms in total. The van der Waals surface area contributed by atoms with Crippen molar-refractivity contribution in [2.24, 2.45) is 0 Å². The molecule has 1 aromatic carbocycles. The summed E-state index contributed by atoms with van der Waals surface area (Å²) in [6, 6.07) is 3.16. The molecule has 0 aromatic heterocycles. The van der Waals surface area contributed by atoms with Crippen molar-refractivity contribution in [3.8, 4) is 17.2 Å². The Morgan fingerprint density at radius 1 is 1.47 bits per heavy atom. The highest BCUT2D eigenvalue weighted by Gasteiger charge is 2.34. The smallest absolute Gasteiger partial charge is 0.174 e. The van der Waals surface area contributed by atoms with Crippen LogP contribution in [0.25, 0.3) is 0 Å². The van der Waals surface area contributed by atoms with Gasteiger partial charge in [0.15, 0.2) is 5.78 Å². The first-order valence-electron chi connectivity index (χ1n) is 6.58. The van der Waals surface area contributed by atoms with Crippen LogP contribution in [0.15, 0.2) is 12.1 Å². The van der Waals surface area contributed by atoms with Crippen LogP contribution in [0.5, 0.6) is 17.2 Å². The quantitative estimate of drug-likeness (QED) is 0.910. The van der Waals surface area contributed by atoms with Crippen LogP contribution in [-0.2, 0) is 0 Å². The molecule has 0 fully saturated rings. The van der Waals surface area contributed by atoms with Crippen LogP contribution >= 0.6 is 0 Å². The van der Waals surface area contributed by atoms with Gasteiger partial charge in [0, 0.05) is 12.1 Å². The molecule has 1 aliphatic heterocycles. The van der Waals surface area contributed by atoms with Gasteiger partial charge in [-0.3, -0.25) is 4.79 Å². The molecule has 1 unspecified atom stereocenters. The fraction of sp³-hybridized carbons (Fsp3) is 0.533. The summed E-state index contributed by atoms with van der Waals surface area (Å²) >= 11 is 0. The molecule has 1 atom stereocenters. The Labute approximate surface area is 113 Å². The van der Waals surface area contributed by atoms with E-state index in [0.29, 0.717) is 11.5 Å². The van der Waals surface area contributed by atoms with Gasteiger partial charge >= 0.3 is 0 Å². The van der Waals surface area contributed by atoms with E-state index >= 15 is 0 Å². The van der Waals surface area contributed by atoms with Crippen molar-refractivity contribution in [1.29, 1.82) is 0 Å². The van der Waals surface area contributed by atoms with E-state index in [1.54, 1.807) is 6.07 Å². The van der Waals surface area contributed by atoms with Crippen molar-refractivity contribution in [2.45, 2.75) is 52.2 Å². The Kier molecular flexibility index (Phi) is 3.43. The van der Waals surface area contributed by atoms with Gasteiger partial charge in [0.1, 0.15) is 28.4 Å². The SMILES string of the molecule is CCC(C)Oc1cc(O)c2c(c1)OC(C)(C)CC2=O. The second-order valence-corrected chi connectivity index (χ2v) is 5.61. The van der Waals surface area contributed by atoms with Gasteiger partial charge in [-0.1, -0.05) is 6.92 Å². The maximum atomic E-state index is 12.0. The van der Waals surface area contributed by atoms with Crippen LogP contribution in [0.2, 0.25) is 0 Å². The number of benzene rings is 1. The molecule has 0 bridgehead atoms. The lowest BCUT2D eigenvalue weighted by atomic mass is 9.92. The summed E-state index contributed by atoms with van der Waals surface area (Å²) in [6.07, 6.45) is 1.17. The number of aromatic hydroxyl groups is 1. The van der Waals surface area contributed by atoms with E-state index in [4.69, 9.17) is 9.47 Å². The maximum absolute atomic E-state index is 12.0. The molecule has 0 saturated carbocycles. The predicted octanol–water partition coefficient (Wildman–Crippen LogP) is 3.31. The Bertz CT molecular complexity index is 505. The fourth-order valence-corrected chi connectivity index (χ4v) is 2.13. The van der Waals surface area contributed by atoms with E-state index in [0.717, 1.165) is 6.42 Å². The summed E-state index contributed by atoms with van der Waals surface area (Å²) in [4.78, 5) is 12.0. The third kappa shape index (κ3) is 2.83. The normalized spacial score (nSPS) is 18.4. The number of phenolic OH excluding ortho intramolecular Hbond substituents is 1. The minimum Gasteiger partial charge on any atom is -0.507 e. The number of hydrogen-bond donors (Lipinski definition) is 1. The van der Waals surface area contributed by atoms with Gasteiger partial charge in [0.05, 0.1) is 12.5 Å². The molecule has 1 aliphatic rings. The molecule has 4 heteroatoms. The van der Waals surface area contributed by atoms with Crippen molar-refractivity contribution in [3.05, 3.63) is 17.7 Å². The number of carbonyl (C=O) groups excluding carboxylic acids is 1. The minimum absolute atomic E-state index is 0.0461. The predicted molar refractivity (Wildman–Crippen MR) is 72.1 cm³/mol. The van der Waals surface area contributed by atoms with Gasteiger partial charge in [-0.15, -0.1) is 0 Å². The zero-order chi connectivity index (χ0) is 14.2.